The van der Waals surface area contributed by atoms with Gasteiger partial charge in [-0.1, -0.05) is 26.7 Å². The molecule has 20 heavy (non-hydrogen) atoms. The number of carbonyl (C=O) groups is 1. The van der Waals surface area contributed by atoms with E-state index in [4.69, 9.17) is 0 Å². The standard InChI is InChI=1S/C16H30N2OS/c1-13(2)10-16(5-3-4-6-16)12-18-15(19)9-14-11-20-8-7-17-14/h13-14,17H,3-12H2,1-2H3,(H,18,19). The molecular weight excluding hydrogens is 268 g/mol. The Balaban J connectivity index is 1.75. The molecule has 116 valence electrons. The van der Waals surface area contributed by atoms with Crippen LogP contribution in [-0.4, -0.2) is 36.5 Å². The molecule has 1 atom stereocenters. The maximum atomic E-state index is 12.1. The second-order valence-electron chi connectivity index (χ2n) is 7.01. The van der Waals surface area contributed by atoms with Crippen LogP contribution in [0, 0.1) is 11.3 Å². The summed E-state index contributed by atoms with van der Waals surface area (Å²) < 4.78 is 0. The second-order valence-corrected chi connectivity index (χ2v) is 8.16. The molecule has 2 fully saturated rings. The Hall–Kier alpha value is -0.220. The molecule has 2 rings (SSSR count). The van der Waals surface area contributed by atoms with Crippen molar-refractivity contribution >= 4 is 17.7 Å². The van der Waals surface area contributed by atoms with E-state index in [1.54, 1.807) is 0 Å². The fourth-order valence-corrected chi connectivity index (χ4v) is 4.73. The number of hydrogen-bond donors (Lipinski definition) is 2. The highest BCUT2D eigenvalue weighted by Gasteiger charge is 2.34. The molecule has 0 bridgehead atoms. The molecule has 1 aliphatic carbocycles. The Morgan fingerprint density at radius 1 is 1.40 bits per heavy atom. The molecule has 1 amide bonds. The molecule has 3 nitrogen and oxygen atoms in total. The molecular formula is C16H30N2OS. The molecule has 0 aromatic carbocycles. The summed E-state index contributed by atoms with van der Waals surface area (Å²) in [4.78, 5) is 12.1. The van der Waals surface area contributed by atoms with Gasteiger partial charge in [0.25, 0.3) is 0 Å². The average molecular weight is 298 g/mol. The van der Waals surface area contributed by atoms with Crippen LogP contribution < -0.4 is 10.6 Å². The van der Waals surface area contributed by atoms with E-state index in [0.29, 0.717) is 17.9 Å². The zero-order valence-electron chi connectivity index (χ0n) is 13.0. The minimum atomic E-state index is 0.236. The van der Waals surface area contributed by atoms with Crippen molar-refractivity contribution in [2.45, 2.75) is 58.4 Å². The fourth-order valence-electron chi connectivity index (χ4n) is 3.78. The largest absolute Gasteiger partial charge is 0.355 e. The van der Waals surface area contributed by atoms with Gasteiger partial charge in [-0.25, -0.2) is 0 Å². The van der Waals surface area contributed by atoms with E-state index in [1.807, 2.05) is 11.8 Å². The predicted octanol–water partition coefficient (Wildman–Crippen LogP) is 2.80. The van der Waals surface area contributed by atoms with Gasteiger partial charge in [0, 0.05) is 37.1 Å². The molecule has 1 saturated heterocycles. The molecule has 0 radical (unpaired) electrons. The summed E-state index contributed by atoms with van der Waals surface area (Å²) in [5.41, 5.74) is 0.387. The summed E-state index contributed by atoms with van der Waals surface area (Å²) >= 11 is 1.95. The third kappa shape index (κ3) is 4.96. The molecule has 2 aliphatic rings. The van der Waals surface area contributed by atoms with Crippen LogP contribution in [0.5, 0.6) is 0 Å². The predicted molar refractivity (Wildman–Crippen MR) is 87.1 cm³/mol. The van der Waals surface area contributed by atoms with Crippen LogP contribution in [0.1, 0.15) is 52.4 Å². The molecule has 0 spiro atoms. The molecule has 1 aliphatic heterocycles. The van der Waals surface area contributed by atoms with Crippen LogP contribution in [-0.2, 0) is 4.79 Å². The number of rotatable bonds is 6. The lowest BCUT2D eigenvalue weighted by atomic mass is 9.78. The Morgan fingerprint density at radius 2 is 2.15 bits per heavy atom. The normalized spacial score (nSPS) is 25.9. The van der Waals surface area contributed by atoms with Crippen LogP contribution in [0.25, 0.3) is 0 Å². The highest BCUT2D eigenvalue weighted by atomic mass is 32.2. The van der Waals surface area contributed by atoms with Gasteiger partial charge in [0.2, 0.25) is 5.91 Å². The minimum Gasteiger partial charge on any atom is -0.355 e. The highest BCUT2D eigenvalue weighted by molar-refractivity contribution is 7.99. The lowest BCUT2D eigenvalue weighted by molar-refractivity contribution is -0.122. The van der Waals surface area contributed by atoms with Crippen molar-refractivity contribution in [1.82, 2.24) is 10.6 Å². The maximum absolute atomic E-state index is 12.1. The van der Waals surface area contributed by atoms with Crippen molar-refractivity contribution < 1.29 is 4.79 Å². The third-order valence-electron chi connectivity index (χ3n) is 4.60. The number of thioether (sulfide) groups is 1. The number of carbonyl (C=O) groups excluding carboxylic acids is 1. The van der Waals surface area contributed by atoms with Crippen molar-refractivity contribution in [3.8, 4) is 0 Å². The molecule has 2 N–H and O–H groups in total. The first kappa shape index (κ1) is 16.2. The van der Waals surface area contributed by atoms with Crippen LogP contribution in [0.4, 0.5) is 0 Å². The van der Waals surface area contributed by atoms with E-state index in [-0.39, 0.29) is 5.91 Å². The second kappa shape index (κ2) is 7.69. The summed E-state index contributed by atoms with van der Waals surface area (Å²) in [6.45, 7) is 6.53. The van der Waals surface area contributed by atoms with Gasteiger partial charge in [0.15, 0.2) is 0 Å². The van der Waals surface area contributed by atoms with Gasteiger partial charge in [0.05, 0.1) is 0 Å². The Bertz CT molecular complexity index is 308. The summed E-state index contributed by atoms with van der Waals surface area (Å²) in [7, 11) is 0. The topological polar surface area (TPSA) is 41.1 Å². The Labute approximate surface area is 128 Å². The summed E-state index contributed by atoms with van der Waals surface area (Å²) in [6, 6.07) is 0.373. The van der Waals surface area contributed by atoms with Crippen LogP contribution in [0.2, 0.25) is 0 Å². The third-order valence-corrected chi connectivity index (χ3v) is 5.73. The molecule has 4 heteroatoms. The molecule has 1 unspecified atom stereocenters. The van der Waals surface area contributed by atoms with E-state index in [1.165, 1.54) is 37.9 Å². The molecule has 1 heterocycles. The smallest absolute Gasteiger partial charge is 0.221 e. The first-order chi connectivity index (χ1) is 9.60. The Kier molecular flexibility index (Phi) is 6.21. The Morgan fingerprint density at radius 3 is 2.75 bits per heavy atom. The summed E-state index contributed by atoms with van der Waals surface area (Å²) in [5.74, 6) is 3.21. The van der Waals surface area contributed by atoms with E-state index in [2.05, 4.69) is 24.5 Å². The average Bonchev–Trinajstić information content (AvgIpc) is 2.86. The summed E-state index contributed by atoms with van der Waals surface area (Å²) in [5, 5.41) is 6.67. The quantitative estimate of drug-likeness (QED) is 0.792. The number of hydrogen-bond acceptors (Lipinski definition) is 3. The SMILES string of the molecule is CC(C)CC1(CNC(=O)CC2CSCCN2)CCCC1. The molecule has 0 aromatic heterocycles. The van der Waals surface area contributed by atoms with E-state index >= 15 is 0 Å². The number of nitrogens with one attached hydrogen (secondary N) is 2. The van der Waals surface area contributed by atoms with Crippen molar-refractivity contribution in [2.24, 2.45) is 11.3 Å². The van der Waals surface area contributed by atoms with Gasteiger partial charge in [-0.15, -0.1) is 0 Å². The number of amides is 1. The lowest BCUT2D eigenvalue weighted by Gasteiger charge is -2.31. The van der Waals surface area contributed by atoms with Gasteiger partial charge in [-0.2, -0.15) is 11.8 Å². The van der Waals surface area contributed by atoms with Crippen molar-refractivity contribution in [3.05, 3.63) is 0 Å². The van der Waals surface area contributed by atoms with Gasteiger partial charge in [-0.3, -0.25) is 4.79 Å². The van der Waals surface area contributed by atoms with Crippen molar-refractivity contribution in [3.63, 3.8) is 0 Å². The fraction of sp³-hybridized carbons (Fsp3) is 0.938. The lowest BCUT2D eigenvalue weighted by Crippen LogP contribution is -2.43. The minimum absolute atomic E-state index is 0.236. The van der Waals surface area contributed by atoms with Gasteiger partial charge < -0.3 is 10.6 Å². The maximum Gasteiger partial charge on any atom is 0.221 e. The van der Waals surface area contributed by atoms with Gasteiger partial charge in [-0.05, 0) is 30.6 Å². The van der Waals surface area contributed by atoms with Crippen LogP contribution in [0.15, 0.2) is 0 Å². The molecule has 0 aromatic rings. The van der Waals surface area contributed by atoms with Crippen LogP contribution in [0.3, 0.4) is 0 Å². The van der Waals surface area contributed by atoms with E-state index < -0.39 is 0 Å². The van der Waals surface area contributed by atoms with Crippen molar-refractivity contribution in [2.75, 3.05) is 24.6 Å². The van der Waals surface area contributed by atoms with Gasteiger partial charge in [0.1, 0.15) is 0 Å². The van der Waals surface area contributed by atoms with Gasteiger partial charge >= 0.3 is 0 Å². The monoisotopic (exact) mass is 298 g/mol. The first-order valence-electron chi connectivity index (χ1n) is 8.17. The van der Waals surface area contributed by atoms with E-state index in [0.717, 1.165) is 24.8 Å². The molecule has 1 saturated carbocycles. The zero-order valence-corrected chi connectivity index (χ0v) is 13.9. The van der Waals surface area contributed by atoms with Crippen molar-refractivity contribution in [1.29, 1.82) is 0 Å². The zero-order chi connectivity index (χ0) is 14.4. The first-order valence-corrected chi connectivity index (χ1v) is 9.33. The summed E-state index contributed by atoms with van der Waals surface area (Å²) in [6.07, 6.45) is 7.16. The van der Waals surface area contributed by atoms with Crippen LogP contribution >= 0.6 is 11.8 Å². The highest BCUT2D eigenvalue weighted by Crippen LogP contribution is 2.42. The van der Waals surface area contributed by atoms with E-state index in [9.17, 15) is 4.79 Å².